The van der Waals surface area contributed by atoms with Crippen molar-refractivity contribution in [3.8, 4) is 5.75 Å². The molecule has 0 aliphatic rings. The minimum Gasteiger partial charge on any atom is -0.484 e. The van der Waals surface area contributed by atoms with Crippen LogP contribution in [0, 0.1) is 13.8 Å². The number of hydrogen-bond acceptors (Lipinski definition) is 4. The number of carbonyl (C=O) groups is 2. The second-order valence-corrected chi connectivity index (χ2v) is 5.84. The molecule has 2 rings (SSSR count). The molecule has 0 unspecified atom stereocenters. The van der Waals surface area contributed by atoms with E-state index in [4.69, 9.17) is 17.0 Å². The van der Waals surface area contributed by atoms with Gasteiger partial charge in [0.1, 0.15) is 5.75 Å². The van der Waals surface area contributed by atoms with Crippen molar-refractivity contribution in [2.45, 2.75) is 13.8 Å². The first-order chi connectivity index (χ1) is 11.9. The van der Waals surface area contributed by atoms with Gasteiger partial charge in [0.25, 0.3) is 11.8 Å². The molecule has 0 aliphatic heterocycles. The monoisotopic (exact) mass is 357 g/mol. The summed E-state index contributed by atoms with van der Waals surface area (Å²) in [7, 11) is 0. The predicted molar refractivity (Wildman–Crippen MR) is 99.2 cm³/mol. The van der Waals surface area contributed by atoms with Gasteiger partial charge in [0, 0.05) is 5.56 Å². The van der Waals surface area contributed by atoms with Crippen LogP contribution in [0.15, 0.2) is 48.5 Å². The second kappa shape index (κ2) is 8.79. The van der Waals surface area contributed by atoms with E-state index in [0.717, 1.165) is 11.1 Å². The third-order valence-corrected chi connectivity index (χ3v) is 3.35. The largest absolute Gasteiger partial charge is 0.484 e. The van der Waals surface area contributed by atoms with Gasteiger partial charge in [0.2, 0.25) is 0 Å². The van der Waals surface area contributed by atoms with Crippen LogP contribution in [-0.2, 0) is 4.79 Å². The van der Waals surface area contributed by atoms with Gasteiger partial charge in [0.15, 0.2) is 11.7 Å². The van der Waals surface area contributed by atoms with E-state index < -0.39 is 5.91 Å². The van der Waals surface area contributed by atoms with Crippen molar-refractivity contribution >= 4 is 29.1 Å². The predicted octanol–water partition coefficient (Wildman–Crippen LogP) is 2.02. The number of hydrogen-bond donors (Lipinski definition) is 3. The number of rotatable bonds is 4. The molecule has 6 nitrogen and oxygen atoms in total. The van der Waals surface area contributed by atoms with E-state index in [2.05, 4.69) is 16.2 Å². The van der Waals surface area contributed by atoms with Crippen LogP contribution >= 0.6 is 12.2 Å². The number of thiocarbonyl (C=S) groups is 1. The zero-order valence-corrected chi connectivity index (χ0v) is 14.8. The number of ether oxygens (including phenoxy) is 1. The van der Waals surface area contributed by atoms with Crippen LogP contribution < -0.4 is 20.9 Å². The summed E-state index contributed by atoms with van der Waals surface area (Å²) in [5.41, 5.74) is 7.41. The average molecular weight is 357 g/mol. The van der Waals surface area contributed by atoms with E-state index in [1.165, 1.54) is 0 Å². The van der Waals surface area contributed by atoms with Crippen molar-refractivity contribution in [2.75, 3.05) is 6.61 Å². The van der Waals surface area contributed by atoms with Crippen LogP contribution in [0.4, 0.5) is 0 Å². The molecule has 3 N–H and O–H groups in total. The van der Waals surface area contributed by atoms with Gasteiger partial charge in [-0.2, -0.15) is 0 Å². The van der Waals surface area contributed by atoms with Crippen LogP contribution in [0.3, 0.4) is 0 Å². The zero-order valence-electron chi connectivity index (χ0n) is 14.0. The molecule has 0 aliphatic carbocycles. The molecule has 0 heterocycles. The maximum atomic E-state index is 11.9. The molecule has 0 bridgehead atoms. The van der Waals surface area contributed by atoms with Crippen LogP contribution in [0.25, 0.3) is 0 Å². The first kappa shape index (κ1) is 18.4. The van der Waals surface area contributed by atoms with Gasteiger partial charge < -0.3 is 4.74 Å². The summed E-state index contributed by atoms with van der Waals surface area (Å²) in [4.78, 5) is 23.7. The number of nitrogens with one attached hydrogen (secondary N) is 3. The van der Waals surface area contributed by atoms with Crippen molar-refractivity contribution in [3.63, 3.8) is 0 Å². The Morgan fingerprint density at radius 1 is 1.00 bits per heavy atom. The lowest BCUT2D eigenvalue weighted by Gasteiger charge is -2.12. The molecule has 2 amide bonds. The van der Waals surface area contributed by atoms with Crippen molar-refractivity contribution < 1.29 is 14.3 Å². The summed E-state index contributed by atoms with van der Waals surface area (Å²) in [6.45, 7) is 3.73. The summed E-state index contributed by atoms with van der Waals surface area (Å²) >= 11 is 4.96. The van der Waals surface area contributed by atoms with Crippen LogP contribution in [-0.4, -0.2) is 23.5 Å². The highest BCUT2D eigenvalue weighted by Gasteiger charge is 2.08. The number of aryl methyl sites for hydroxylation is 2. The Bertz CT molecular complexity index is 758. The maximum absolute atomic E-state index is 11.9. The van der Waals surface area contributed by atoms with Crippen LogP contribution in [0.2, 0.25) is 0 Å². The lowest BCUT2D eigenvalue weighted by molar-refractivity contribution is -0.123. The third-order valence-electron chi connectivity index (χ3n) is 3.14. The van der Waals surface area contributed by atoms with Gasteiger partial charge in [-0.1, -0.05) is 24.3 Å². The number of benzene rings is 2. The van der Waals surface area contributed by atoms with Crippen LogP contribution in [0.1, 0.15) is 21.5 Å². The molecular formula is C18H19N3O3S. The van der Waals surface area contributed by atoms with Gasteiger partial charge >= 0.3 is 0 Å². The summed E-state index contributed by atoms with van der Waals surface area (Å²) in [6, 6.07) is 14.3. The minimum atomic E-state index is -0.421. The number of hydrazine groups is 1. The highest BCUT2D eigenvalue weighted by Crippen LogP contribution is 2.15. The Morgan fingerprint density at radius 3 is 2.28 bits per heavy atom. The molecule has 0 fully saturated rings. The van der Waals surface area contributed by atoms with Crippen molar-refractivity contribution in [1.82, 2.24) is 16.2 Å². The van der Waals surface area contributed by atoms with Gasteiger partial charge in [-0.25, -0.2) is 0 Å². The lowest BCUT2D eigenvalue weighted by atomic mass is 10.1. The van der Waals surface area contributed by atoms with E-state index in [1.54, 1.807) is 24.3 Å². The molecule has 0 radical (unpaired) electrons. The quantitative estimate of drug-likeness (QED) is 0.576. The highest BCUT2D eigenvalue weighted by atomic mass is 32.1. The summed E-state index contributed by atoms with van der Waals surface area (Å²) in [6.07, 6.45) is 0. The van der Waals surface area contributed by atoms with Crippen LogP contribution in [0.5, 0.6) is 5.75 Å². The Balaban J connectivity index is 1.74. The first-order valence-corrected chi connectivity index (χ1v) is 8.01. The Morgan fingerprint density at radius 2 is 1.64 bits per heavy atom. The number of carbonyl (C=O) groups excluding carboxylic acids is 2. The topological polar surface area (TPSA) is 79.5 Å². The Kier molecular flexibility index (Phi) is 6.47. The highest BCUT2D eigenvalue weighted by molar-refractivity contribution is 7.80. The molecule has 0 atom stereocenters. The molecule has 0 saturated carbocycles. The molecule has 7 heteroatoms. The van der Waals surface area contributed by atoms with E-state index >= 15 is 0 Å². The fourth-order valence-corrected chi connectivity index (χ4v) is 2.27. The van der Waals surface area contributed by atoms with Crippen molar-refractivity contribution in [1.29, 1.82) is 0 Å². The molecule has 2 aromatic carbocycles. The van der Waals surface area contributed by atoms with Crippen molar-refractivity contribution in [2.24, 2.45) is 0 Å². The van der Waals surface area contributed by atoms with E-state index in [9.17, 15) is 9.59 Å². The summed E-state index contributed by atoms with van der Waals surface area (Å²) in [5.74, 6) is -0.165. The summed E-state index contributed by atoms with van der Waals surface area (Å²) < 4.78 is 5.43. The molecule has 0 spiro atoms. The second-order valence-electron chi connectivity index (χ2n) is 5.43. The van der Waals surface area contributed by atoms with E-state index in [-0.39, 0.29) is 17.6 Å². The molecule has 2 aromatic rings. The standard InChI is InChI=1S/C18H19N3O3S/c1-12-8-13(2)10-15(9-12)24-11-16(22)20-21-18(25)19-17(23)14-6-4-3-5-7-14/h3-10H,11H2,1-2H3,(H,20,22)(H2,19,21,23,25). The number of amides is 2. The molecule has 0 aromatic heterocycles. The van der Waals surface area contributed by atoms with Gasteiger partial charge in [-0.3, -0.25) is 25.8 Å². The lowest BCUT2D eigenvalue weighted by Crippen LogP contribution is -2.49. The fraction of sp³-hybridized carbons (Fsp3) is 0.167. The zero-order chi connectivity index (χ0) is 18.2. The SMILES string of the molecule is Cc1cc(C)cc(OCC(=O)NNC(=S)NC(=O)c2ccccc2)c1. The molecular weight excluding hydrogens is 338 g/mol. The first-order valence-electron chi connectivity index (χ1n) is 7.60. The van der Waals surface area contributed by atoms with E-state index in [1.807, 2.05) is 38.1 Å². The van der Waals surface area contributed by atoms with E-state index in [0.29, 0.717) is 11.3 Å². The molecule has 130 valence electrons. The Hall–Kier alpha value is -2.93. The Labute approximate surface area is 151 Å². The van der Waals surface area contributed by atoms with Crippen molar-refractivity contribution in [3.05, 3.63) is 65.2 Å². The van der Waals surface area contributed by atoms with Gasteiger partial charge in [-0.15, -0.1) is 0 Å². The average Bonchev–Trinajstić information content (AvgIpc) is 2.58. The summed E-state index contributed by atoms with van der Waals surface area (Å²) in [5, 5.41) is 2.46. The third kappa shape index (κ3) is 6.23. The molecule has 0 saturated heterocycles. The normalized spacial score (nSPS) is 9.84. The molecule has 25 heavy (non-hydrogen) atoms. The smallest absolute Gasteiger partial charge is 0.276 e. The van der Waals surface area contributed by atoms with Gasteiger partial charge in [-0.05, 0) is 61.5 Å². The minimum absolute atomic E-state index is 0.00592. The maximum Gasteiger partial charge on any atom is 0.276 e. The fourth-order valence-electron chi connectivity index (χ4n) is 2.12. The van der Waals surface area contributed by atoms with Gasteiger partial charge in [0.05, 0.1) is 0 Å².